The number of benzene rings is 2. The minimum atomic E-state index is -0.392. The Morgan fingerprint density at radius 1 is 1.19 bits per heavy atom. The highest BCUT2D eigenvalue weighted by Crippen LogP contribution is 2.29. The fourth-order valence-electron chi connectivity index (χ4n) is 2.50. The highest BCUT2D eigenvalue weighted by Gasteiger charge is 2.19. The van der Waals surface area contributed by atoms with E-state index in [1.165, 1.54) is 18.3 Å². The van der Waals surface area contributed by atoms with E-state index in [0.717, 1.165) is 14.8 Å². The largest absolute Gasteiger partial charge is 0.456 e. The minimum absolute atomic E-state index is 0.0554. The van der Waals surface area contributed by atoms with Crippen molar-refractivity contribution in [3.8, 4) is 0 Å². The molecule has 138 valence electrons. The van der Waals surface area contributed by atoms with Crippen molar-refractivity contribution in [1.29, 1.82) is 0 Å². The highest BCUT2D eigenvalue weighted by atomic mass is 127. The Kier molecular flexibility index (Phi) is 6.22. The lowest BCUT2D eigenvalue weighted by Gasteiger charge is -2.18. The summed E-state index contributed by atoms with van der Waals surface area (Å²) in [7, 11) is 0. The molecule has 0 spiro atoms. The molecule has 5 nitrogen and oxygen atoms in total. The van der Waals surface area contributed by atoms with Crippen molar-refractivity contribution in [2.45, 2.75) is 20.5 Å². The Morgan fingerprint density at radius 3 is 2.67 bits per heavy atom. The first-order valence-electron chi connectivity index (χ1n) is 8.19. The lowest BCUT2D eigenvalue weighted by molar-refractivity contribution is -0.115. The summed E-state index contributed by atoms with van der Waals surface area (Å²) < 4.78 is 6.20. The molecule has 0 aliphatic carbocycles. The van der Waals surface area contributed by atoms with Gasteiger partial charge in [0.05, 0.1) is 16.9 Å². The number of aryl methyl sites for hydroxylation is 1. The zero-order valence-electron chi connectivity index (χ0n) is 14.8. The molecule has 0 saturated heterocycles. The second-order valence-electron chi connectivity index (χ2n) is 5.87. The van der Waals surface area contributed by atoms with Crippen LogP contribution in [0.5, 0.6) is 0 Å². The normalized spacial score (nSPS) is 10.5. The predicted octanol–water partition coefficient (Wildman–Crippen LogP) is 5.10. The van der Waals surface area contributed by atoms with E-state index >= 15 is 0 Å². The van der Waals surface area contributed by atoms with Gasteiger partial charge in [-0.1, -0.05) is 24.3 Å². The van der Waals surface area contributed by atoms with Crippen LogP contribution in [0, 0.1) is 10.5 Å². The number of esters is 1. The Bertz CT molecular complexity index is 987. The van der Waals surface area contributed by atoms with E-state index in [-0.39, 0.29) is 12.5 Å². The molecule has 0 bridgehead atoms. The third kappa shape index (κ3) is 4.72. The van der Waals surface area contributed by atoms with Crippen LogP contribution in [0.2, 0.25) is 0 Å². The van der Waals surface area contributed by atoms with E-state index < -0.39 is 5.97 Å². The number of anilines is 2. The summed E-state index contributed by atoms with van der Waals surface area (Å²) in [6, 6.07) is 14.9. The second kappa shape index (κ2) is 8.62. The molecule has 27 heavy (non-hydrogen) atoms. The number of thiazole rings is 1. The van der Waals surface area contributed by atoms with Gasteiger partial charge >= 0.3 is 5.97 Å². The Balaban J connectivity index is 1.74. The quantitative estimate of drug-likeness (QED) is 0.368. The average molecular weight is 492 g/mol. The second-order valence-corrected chi connectivity index (χ2v) is 7.87. The topological polar surface area (TPSA) is 59.5 Å². The lowest BCUT2D eigenvalue weighted by atomic mass is 10.2. The van der Waals surface area contributed by atoms with Gasteiger partial charge in [-0.2, -0.15) is 0 Å². The first-order valence-corrected chi connectivity index (χ1v) is 10.1. The number of ether oxygens (including phenoxy) is 1. The van der Waals surface area contributed by atoms with Gasteiger partial charge in [0.15, 0.2) is 5.13 Å². The molecule has 2 aromatic carbocycles. The third-order valence-electron chi connectivity index (χ3n) is 3.75. The summed E-state index contributed by atoms with van der Waals surface area (Å²) in [6.07, 6.45) is 0. The molecule has 0 fully saturated rings. The van der Waals surface area contributed by atoms with E-state index in [1.54, 1.807) is 22.4 Å². The summed E-state index contributed by atoms with van der Waals surface area (Å²) in [5.41, 5.74) is 2.95. The highest BCUT2D eigenvalue weighted by molar-refractivity contribution is 14.1. The number of carbonyl (C=O) groups is 2. The van der Waals surface area contributed by atoms with Crippen LogP contribution in [0.3, 0.4) is 0 Å². The van der Waals surface area contributed by atoms with Crippen molar-refractivity contribution in [3.63, 3.8) is 0 Å². The third-order valence-corrected chi connectivity index (χ3v) is 5.57. The number of hydrogen-bond acceptors (Lipinski definition) is 5. The van der Waals surface area contributed by atoms with E-state index in [2.05, 4.69) is 27.6 Å². The number of rotatable bonds is 5. The summed E-state index contributed by atoms with van der Waals surface area (Å²) in [6.45, 7) is 3.53. The molecule has 3 aromatic rings. The fraction of sp³-hybridized carbons (Fsp3) is 0.150. The van der Waals surface area contributed by atoms with Crippen LogP contribution in [0.4, 0.5) is 10.8 Å². The molecule has 1 aromatic heterocycles. The Hall–Kier alpha value is -2.26. The van der Waals surface area contributed by atoms with Crippen molar-refractivity contribution in [2.24, 2.45) is 0 Å². The predicted molar refractivity (Wildman–Crippen MR) is 114 cm³/mol. The van der Waals surface area contributed by atoms with E-state index in [1.807, 2.05) is 43.3 Å². The van der Waals surface area contributed by atoms with Crippen LogP contribution >= 0.6 is 33.9 Å². The summed E-state index contributed by atoms with van der Waals surface area (Å²) in [5.74, 6) is -0.519. The molecule has 1 amide bonds. The molecule has 0 aliphatic heterocycles. The molecule has 0 N–H and O–H groups in total. The Labute approximate surface area is 175 Å². The Morgan fingerprint density at radius 2 is 1.96 bits per heavy atom. The molecular formula is C20H17IN2O3S. The standard InChI is InChI=1S/C20H17IN2O3S/c1-13-6-5-7-16(10-13)23(14(2)24)20-22-15(12-27-20)11-26-19(25)17-8-3-4-9-18(17)21/h3-10,12H,11H2,1-2H3. The van der Waals surface area contributed by atoms with Gasteiger partial charge < -0.3 is 4.74 Å². The maximum Gasteiger partial charge on any atom is 0.339 e. The van der Waals surface area contributed by atoms with Gasteiger partial charge in [0.25, 0.3) is 0 Å². The smallest absolute Gasteiger partial charge is 0.339 e. The SMILES string of the molecule is CC(=O)N(c1cccc(C)c1)c1nc(COC(=O)c2ccccc2I)cs1. The van der Waals surface area contributed by atoms with Gasteiger partial charge in [-0.05, 0) is 59.3 Å². The zero-order chi connectivity index (χ0) is 19.4. The lowest BCUT2D eigenvalue weighted by Crippen LogP contribution is -2.22. The zero-order valence-corrected chi connectivity index (χ0v) is 17.8. The molecule has 0 aliphatic rings. The van der Waals surface area contributed by atoms with Crippen molar-refractivity contribution >= 4 is 56.6 Å². The number of halogens is 1. The van der Waals surface area contributed by atoms with E-state index in [0.29, 0.717) is 16.4 Å². The summed E-state index contributed by atoms with van der Waals surface area (Å²) >= 11 is 3.44. The van der Waals surface area contributed by atoms with Gasteiger partial charge in [0, 0.05) is 15.9 Å². The fourth-order valence-corrected chi connectivity index (χ4v) is 3.98. The maximum atomic E-state index is 12.2. The van der Waals surface area contributed by atoms with Gasteiger partial charge in [0.2, 0.25) is 5.91 Å². The summed E-state index contributed by atoms with van der Waals surface area (Å²) in [4.78, 5) is 30.4. The van der Waals surface area contributed by atoms with Crippen LogP contribution in [-0.2, 0) is 16.1 Å². The van der Waals surface area contributed by atoms with E-state index in [4.69, 9.17) is 4.74 Å². The molecule has 0 unspecified atom stereocenters. The monoisotopic (exact) mass is 492 g/mol. The molecular weight excluding hydrogens is 475 g/mol. The van der Waals surface area contributed by atoms with Gasteiger partial charge in [-0.15, -0.1) is 11.3 Å². The first-order chi connectivity index (χ1) is 13.0. The van der Waals surface area contributed by atoms with Crippen LogP contribution in [0.25, 0.3) is 0 Å². The molecule has 0 saturated carbocycles. The molecule has 1 heterocycles. The maximum absolute atomic E-state index is 12.2. The van der Waals surface area contributed by atoms with Crippen molar-refractivity contribution < 1.29 is 14.3 Å². The van der Waals surface area contributed by atoms with Crippen molar-refractivity contribution in [1.82, 2.24) is 4.98 Å². The van der Waals surface area contributed by atoms with E-state index in [9.17, 15) is 9.59 Å². The van der Waals surface area contributed by atoms with Crippen LogP contribution in [0.1, 0.15) is 28.5 Å². The minimum Gasteiger partial charge on any atom is -0.456 e. The number of amides is 1. The van der Waals surface area contributed by atoms with Crippen LogP contribution in [-0.4, -0.2) is 16.9 Å². The van der Waals surface area contributed by atoms with Gasteiger partial charge in [0.1, 0.15) is 6.61 Å². The average Bonchev–Trinajstić information content (AvgIpc) is 3.08. The first kappa shape index (κ1) is 19.5. The number of nitrogens with zero attached hydrogens (tertiary/aromatic N) is 2. The van der Waals surface area contributed by atoms with Crippen LogP contribution < -0.4 is 4.90 Å². The number of hydrogen-bond donors (Lipinski definition) is 0. The van der Waals surface area contributed by atoms with Gasteiger partial charge in [-0.3, -0.25) is 9.69 Å². The molecule has 7 heteroatoms. The molecule has 0 atom stereocenters. The van der Waals surface area contributed by atoms with Crippen molar-refractivity contribution in [2.75, 3.05) is 4.90 Å². The van der Waals surface area contributed by atoms with Crippen molar-refractivity contribution in [3.05, 3.63) is 74.3 Å². The van der Waals surface area contributed by atoms with Crippen LogP contribution in [0.15, 0.2) is 53.9 Å². The molecule has 3 rings (SSSR count). The molecule has 0 radical (unpaired) electrons. The summed E-state index contributed by atoms with van der Waals surface area (Å²) in [5, 5.41) is 2.35. The number of carbonyl (C=O) groups excluding carboxylic acids is 2. The van der Waals surface area contributed by atoms with Gasteiger partial charge in [-0.25, -0.2) is 9.78 Å². The number of aromatic nitrogens is 1.